The minimum atomic E-state index is -3.83. The second-order valence-electron chi connectivity index (χ2n) is 5.79. The fourth-order valence-corrected chi connectivity index (χ4v) is 5.14. The van der Waals surface area contributed by atoms with Crippen LogP contribution >= 0.6 is 23.2 Å². The fourth-order valence-electron chi connectivity index (χ4n) is 2.63. The van der Waals surface area contributed by atoms with Crippen LogP contribution in [0.4, 0.5) is 0 Å². The van der Waals surface area contributed by atoms with Crippen molar-refractivity contribution in [2.24, 2.45) is 0 Å². The minimum Gasteiger partial charge on any atom is -0.356 e. The molecule has 2 rings (SSSR count). The molecule has 1 aliphatic heterocycles. The molecule has 7 nitrogen and oxygen atoms in total. The molecule has 1 saturated heterocycles. The van der Waals surface area contributed by atoms with Crippen LogP contribution in [-0.2, 0) is 19.6 Å². The molecule has 26 heavy (non-hydrogen) atoms. The molecule has 1 aromatic carbocycles. The van der Waals surface area contributed by atoms with Crippen molar-refractivity contribution in [1.82, 2.24) is 14.5 Å². The van der Waals surface area contributed by atoms with Gasteiger partial charge in [-0.1, -0.05) is 36.2 Å². The molecule has 144 valence electrons. The first-order valence-corrected chi connectivity index (χ1v) is 10.5. The highest BCUT2D eigenvalue weighted by atomic mass is 35.5. The lowest BCUT2D eigenvalue weighted by atomic mass is 10.3. The molecule has 10 heteroatoms. The molecule has 1 heterocycles. The molecule has 0 unspecified atom stereocenters. The van der Waals surface area contributed by atoms with Crippen LogP contribution < -0.4 is 5.32 Å². The first kappa shape index (κ1) is 21.0. The van der Waals surface area contributed by atoms with Crippen LogP contribution in [0.5, 0.6) is 0 Å². The zero-order chi connectivity index (χ0) is 19.3. The number of hydrogen-bond acceptors (Lipinski definition) is 4. The third-order valence-electron chi connectivity index (χ3n) is 4.09. The average molecular weight is 422 g/mol. The lowest BCUT2D eigenvalue weighted by Gasteiger charge is -2.34. The van der Waals surface area contributed by atoms with Gasteiger partial charge in [0.25, 0.3) is 0 Å². The van der Waals surface area contributed by atoms with Crippen molar-refractivity contribution in [3.63, 3.8) is 0 Å². The zero-order valence-corrected chi connectivity index (χ0v) is 16.7. The van der Waals surface area contributed by atoms with Crippen molar-refractivity contribution in [1.29, 1.82) is 0 Å². The number of amides is 2. The van der Waals surface area contributed by atoms with E-state index in [9.17, 15) is 18.0 Å². The predicted molar refractivity (Wildman–Crippen MR) is 99.7 cm³/mol. The van der Waals surface area contributed by atoms with Crippen LogP contribution in [0.3, 0.4) is 0 Å². The summed E-state index contributed by atoms with van der Waals surface area (Å²) in [6.45, 7) is 2.90. The summed E-state index contributed by atoms with van der Waals surface area (Å²) in [5, 5.41) is 2.79. The van der Waals surface area contributed by atoms with E-state index in [0.717, 1.165) is 0 Å². The standard InChI is InChI=1S/C16H21Cl2N3O4S/c1-2-14(22)19-7-6-15(23)20-8-10-21(11-9-20)26(24,25)16-12(17)4-3-5-13(16)18/h3-5H,2,6-11H2,1H3,(H,19,22). The van der Waals surface area contributed by atoms with E-state index in [2.05, 4.69) is 5.32 Å². The Hall–Kier alpha value is -1.35. The number of sulfonamides is 1. The van der Waals surface area contributed by atoms with E-state index in [-0.39, 0.29) is 65.9 Å². The maximum Gasteiger partial charge on any atom is 0.246 e. The van der Waals surface area contributed by atoms with Gasteiger partial charge in [0, 0.05) is 45.6 Å². The number of benzene rings is 1. The largest absolute Gasteiger partial charge is 0.356 e. The average Bonchev–Trinajstić information content (AvgIpc) is 2.61. The predicted octanol–water partition coefficient (Wildman–Crippen LogP) is 1.74. The van der Waals surface area contributed by atoms with Gasteiger partial charge in [-0.25, -0.2) is 8.42 Å². The Labute approximate surface area is 163 Å². The molecule has 2 amide bonds. The topological polar surface area (TPSA) is 86.8 Å². The second kappa shape index (κ2) is 9.03. The van der Waals surface area contributed by atoms with Crippen molar-refractivity contribution in [2.45, 2.75) is 24.7 Å². The van der Waals surface area contributed by atoms with Crippen LogP contribution in [0.1, 0.15) is 19.8 Å². The number of halogens is 2. The van der Waals surface area contributed by atoms with Gasteiger partial charge in [-0.2, -0.15) is 4.31 Å². The maximum atomic E-state index is 12.8. The molecule has 1 fully saturated rings. The number of nitrogens with one attached hydrogen (secondary N) is 1. The van der Waals surface area contributed by atoms with Crippen molar-refractivity contribution in [3.8, 4) is 0 Å². The molecular formula is C16H21Cl2N3O4S. The Morgan fingerprint density at radius 1 is 1.12 bits per heavy atom. The monoisotopic (exact) mass is 421 g/mol. The quantitative estimate of drug-likeness (QED) is 0.757. The Bertz CT molecular complexity index is 757. The van der Waals surface area contributed by atoms with Crippen LogP contribution in [-0.4, -0.2) is 62.2 Å². The first-order chi connectivity index (χ1) is 12.3. The summed E-state index contributed by atoms with van der Waals surface area (Å²) in [6.07, 6.45) is 0.560. The lowest BCUT2D eigenvalue weighted by Crippen LogP contribution is -2.51. The van der Waals surface area contributed by atoms with Crippen LogP contribution in [0.2, 0.25) is 10.0 Å². The number of piperazine rings is 1. The summed E-state index contributed by atoms with van der Waals surface area (Å²) in [4.78, 5) is 24.8. The molecule has 0 bridgehead atoms. The van der Waals surface area contributed by atoms with Gasteiger partial charge in [0.15, 0.2) is 0 Å². The number of carbonyl (C=O) groups is 2. The van der Waals surface area contributed by atoms with Crippen molar-refractivity contribution >= 4 is 45.0 Å². The van der Waals surface area contributed by atoms with Crippen molar-refractivity contribution in [3.05, 3.63) is 28.2 Å². The number of hydrogen-bond donors (Lipinski definition) is 1. The van der Waals surface area contributed by atoms with Gasteiger partial charge in [0.2, 0.25) is 21.8 Å². The number of rotatable bonds is 6. The van der Waals surface area contributed by atoms with E-state index < -0.39 is 10.0 Å². The van der Waals surface area contributed by atoms with Crippen LogP contribution in [0, 0.1) is 0 Å². The minimum absolute atomic E-state index is 0.0719. The van der Waals surface area contributed by atoms with Gasteiger partial charge in [-0.3, -0.25) is 9.59 Å². The molecule has 1 aromatic rings. The van der Waals surface area contributed by atoms with Crippen molar-refractivity contribution in [2.75, 3.05) is 32.7 Å². The molecule has 1 N–H and O–H groups in total. The Morgan fingerprint density at radius 3 is 2.23 bits per heavy atom. The summed E-state index contributed by atoms with van der Waals surface area (Å²) in [6, 6.07) is 4.53. The number of nitrogens with zero attached hydrogens (tertiary/aromatic N) is 2. The van der Waals surface area contributed by atoms with Gasteiger partial charge >= 0.3 is 0 Å². The highest BCUT2D eigenvalue weighted by molar-refractivity contribution is 7.89. The highest BCUT2D eigenvalue weighted by Gasteiger charge is 2.32. The SMILES string of the molecule is CCC(=O)NCCC(=O)N1CCN(S(=O)(=O)c2c(Cl)cccc2Cl)CC1. The highest BCUT2D eigenvalue weighted by Crippen LogP contribution is 2.31. The van der Waals surface area contributed by atoms with E-state index in [4.69, 9.17) is 23.2 Å². The summed E-state index contributed by atoms with van der Waals surface area (Å²) in [5.74, 6) is -0.223. The van der Waals surface area contributed by atoms with E-state index in [0.29, 0.717) is 6.42 Å². The number of carbonyl (C=O) groups excluding carboxylic acids is 2. The summed E-state index contributed by atoms with van der Waals surface area (Å²) in [7, 11) is -3.83. The van der Waals surface area contributed by atoms with Gasteiger partial charge in [0.05, 0.1) is 10.0 Å². The summed E-state index contributed by atoms with van der Waals surface area (Å²) < 4.78 is 26.9. The zero-order valence-electron chi connectivity index (χ0n) is 14.4. The molecule has 0 spiro atoms. The maximum absolute atomic E-state index is 12.8. The van der Waals surface area contributed by atoms with Crippen LogP contribution in [0.25, 0.3) is 0 Å². The third kappa shape index (κ3) is 4.88. The first-order valence-electron chi connectivity index (χ1n) is 8.26. The Balaban J connectivity index is 1.95. The van der Waals surface area contributed by atoms with E-state index in [1.165, 1.54) is 16.4 Å². The van der Waals surface area contributed by atoms with E-state index in [1.54, 1.807) is 17.9 Å². The van der Waals surface area contributed by atoms with E-state index in [1.807, 2.05) is 0 Å². The Morgan fingerprint density at radius 2 is 1.69 bits per heavy atom. The van der Waals surface area contributed by atoms with Gasteiger partial charge < -0.3 is 10.2 Å². The smallest absolute Gasteiger partial charge is 0.246 e. The van der Waals surface area contributed by atoms with E-state index >= 15 is 0 Å². The molecule has 0 radical (unpaired) electrons. The van der Waals surface area contributed by atoms with Gasteiger partial charge in [0.1, 0.15) is 4.90 Å². The normalized spacial score (nSPS) is 15.7. The molecule has 0 atom stereocenters. The van der Waals surface area contributed by atoms with Crippen molar-refractivity contribution < 1.29 is 18.0 Å². The third-order valence-corrected chi connectivity index (χ3v) is 6.95. The molecular weight excluding hydrogens is 401 g/mol. The molecule has 0 saturated carbocycles. The molecule has 0 aromatic heterocycles. The van der Waals surface area contributed by atoms with Gasteiger partial charge in [-0.15, -0.1) is 0 Å². The summed E-state index contributed by atoms with van der Waals surface area (Å²) in [5.41, 5.74) is 0. The molecule has 0 aliphatic carbocycles. The van der Waals surface area contributed by atoms with Crippen LogP contribution in [0.15, 0.2) is 23.1 Å². The molecule has 1 aliphatic rings. The fraction of sp³-hybridized carbons (Fsp3) is 0.500. The lowest BCUT2D eigenvalue weighted by molar-refractivity contribution is -0.132. The summed E-state index contributed by atoms with van der Waals surface area (Å²) >= 11 is 12.0. The Kier molecular flexibility index (Phi) is 7.28. The second-order valence-corrected chi connectivity index (χ2v) is 8.48. The van der Waals surface area contributed by atoms with Gasteiger partial charge in [-0.05, 0) is 12.1 Å².